The number of furan rings is 1. The maximum atomic E-state index is 11.8. The number of hydrogen-bond donors (Lipinski definition) is 1. The van der Waals surface area contributed by atoms with E-state index in [0.29, 0.717) is 16.2 Å². The number of unbranched alkanes of at least 4 members (excludes halogenated alkanes) is 1. The summed E-state index contributed by atoms with van der Waals surface area (Å²) in [5.74, 6) is 0.517. The molecule has 1 unspecified atom stereocenters. The summed E-state index contributed by atoms with van der Waals surface area (Å²) < 4.78 is 5.62. The van der Waals surface area contributed by atoms with E-state index in [1.54, 1.807) is 6.07 Å². The van der Waals surface area contributed by atoms with Crippen molar-refractivity contribution in [1.29, 1.82) is 0 Å². The Kier molecular flexibility index (Phi) is 6.34. The van der Waals surface area contributed by atoms with Gasteiger partial charge in [-0.1, -0.05) is 33.1 Å². The second kappa shape index (κ2) is 7.54. The molecule has 1 rings (SSSR count). The molecule has 0 bridgehead atoms. The summed E-state index contributed by atoms with van der Waals surface area (Å²) in [6.07, 6.45) is 6.19. The first kappa shape index (κ1) is 14.3. The maximum absolute atomic E-state index is 11.8. The predicted molar refractivity (Wildman–Crippen MR) is 72.0 cm³/mol. The first-order valence-corrected chi connectivity index (χ1v) is 6.98. The van der Waals surface area contributed by atoms with Crippen LogP contribution in [0.1, 0.15) is 49.9 Å². The van der Waals surface area contributed by atoms with Gasteiger partial charge in [-0.25, -0.2) is 0 Å². The van der Waals surface area contributed by atoms with E-state index in [2.05, 4.69) is 35.1 Å². The summed E-state index contributed by atoms with van der Waals surface area (Å²) in [4.78, 5) is 11.8. The van der Waals surface area contributed by atoms with Crippen molar-refractivity contribution in [3.05, 3.63) is 22.6 Å². The number of amides is 1. The van der Waals surface area contributed by atoms with Crippen LogP contribution in [0.2, 0.25) is 0 Å². The van der Waals surface area contributed by atoms with Gasteiger partial charge in [-0.05, 0) is 28.3 Å². The summed E-state index contributed by atoms with van der Waals surface area (Å²) in [5.41, 5.74) is 0.571. The van der Waals surface area contributed by atoms with Crippen molar-refractivity contribution < 1.29 is 9.21 Å². The highest BCUT2D eigenvalue weighted by atomic mass is 79.9. The molecule has 1 heterocycles. The minimum atomic E-state index is -0.0607. The zero-order chi connectivity index (χ0) is 12.7. The van der Waals surface area contributed by atoms with Gasteiger partial charge in [0, 0.05) is 12.6 Å². The highest BCUT2D eigenvalue weighted by molar-refractivity contribution is 9.10. The van der Waals surface area contributed by atoms with Gasteiger partial charge in [0.2, 0.25) is 0 Å². The Hall–Kier alpha value is -0.770. The Morgan fingerprint density at radius 2 is 2.29 bits per heavy atom. The molecule has 0 saturated carbocycles. The predicted octanol–water partition coefficient (Wildman–Crippen LogP) is 3.99. The van der Waals surface area contributed by atoms with Crippen LogP contribution in [0.4, 0.5) is 0 Å². The molecule has 1 atom stereocenters. The van der Waals surface area contributed by atoms with Crippen LogP contribution >= 0.6 is 15.9 Å². The van der Waals surface area contributed by atoms with Crippen LogP contribution < -0.4 is 5.32 Å². The van der Waals surface area contributed by atoms with Gasteiger partial charge >= 0.3 is 0 Å². The van der Waals surface area contributed by atoms with Crippen molar-refractivity contribution in [2.24, 2.45) is 5.92 Å². The van der Waals surface area contributed by atoms with Gasteiger partial charge in [0.25, 0.3) is 5.91 Å². The third-order valence-electron chi connectivity index (χ3n) is 2.92. The minimum Gasteiger partial charge on any atom is -0.457 e. The monoisotopic (exact) mass is 301 g/mol. The number of hydrogen-bond acceptors (Lipinski definition) is 2. The molecule has 0 spiro atoms. The molecule has 4 heteroatoms. The SMILES string of the molecule is CCCCC(CC)CNC(=O)c1coc(Br)c1. The molecule has 0 radical (unpaired) electrons. The number of carbonyl (C=O) groups is 1. The van der Waals surface area contributed by atoms with E-state index in [1.807, 2.05) is 0 Å². The Bertz CT molecular complexity index is 349. The van der Waals surface area contributed by atoms with Gasteiger partial charge in [0.1, 0.15) is 6.26 Å². The minimum absolute atomic E-state index is 0.0607. The molecular weight excluding hydrogens is 282 g/mol. The Morgan fingerprint density at radius 3 is 2.82 bits per heavy atom. The third kappa shape index (κ3) is 4.94. The lowest BCUT2D eigenvalue weighted by Gasteiger charge is -2.14. The van der Waals surface area contributed by atoms with Crippen LogP contribution in [-0.4, -0.2) is 12.5 Å². The van der Waals surface area contributed by atoms with E-state index in [4.69, 9.17) is 4.42 Å². The smallest absolute Gasteiger partial charge is 0.254 e. The molecule has 0 saturated heterocycles. The zero-order valence-corrected chi connectivity index (χ0v) is 12.0. The first-order chi connectivity index (χ1) is 8.17. The quantitative estimate of drug-likeness (QED) is 0.827. The lowest BCUT2D eigenvalue weighted by atomic mass is 9.99. The fraction of sp³-hybridized carbons (Fsp3) is 0.615. The summed E-state index contributed by atoms with van der Waals surface area (Å²) >= 11 is 3.18. The van der Waals surface area contributed by atoms with Crippen molar-refractivity contribution >= 4 is 21.8 Å². The molecular formula is C13H20BrNO2. The fourth-order valence-electron chi connectivity index (χ4n) is 1.71. The van der Waals surface area contributed by atoms with E-state index in [9.17, 15) is 4.79 Å². The average molecular weight is 302 g/mol. The molecule has 96 valence electrons. The fourth-order valence-corrected chi connectivity index (χ4v) is 2.05. The van der Waals surface area contributed by atoms with E-state index in [-0.39, 0.29) is 5.91 Å². The maximum Gasteiger partial charge on any atom is 0.254 e. The van der Waals surface area contributed by atoms with Crippen LogP contribution in [-0.2, 0) is 0 Å². The largest absolute Gasteiger partial charge is 0.457 e. The van der Waals surface area contributed by atoms with Crippen LogP contribution in [0.5, 0.6) is 0 Å². The van der Waals surface area contributed by atoms with Crippen LogP contribution in [0.25, 0.3) is 0 Å². The molecule has 0 aliphatic carbocycles. The second-order valence-corrected chi connectivity index (χ2v) is 5.05. The topological polar surface area (TPSA) is 42.2 Å². The molecule has 0 aliphatic rings. The summed E-state index contributed by atoms with van der Waals surface area (Å²) in [7, 11) is 0. The van der Waals surface area contributed by atoms with Gasteiger partial charge in [0.05, 0.1) is 5.56 Å². The van der Waals surface area contributed by atoms with Gasteiger partial charge in [-0.2, -0.15) is 0 Å². The van der Waals surface area contributed by atoms with Crippen molar-refractivity contribution in [3.63, 3.8) is 0 Å². The zero-order valence-electron chi connectivity index (χ0n) is 10.5. The molecule has 0 fully saturated rings. The Labute approximate surface area is 111 Å². The van der Waals surface area contributed by atoms with Crippen molar-refractivity contribution in [2.75, 3.05) is 6.54 Å². The normalized spacial score (nSPS) is 12.4. The number of halogens is 1. The molecule has 17 heavy (non-hydrogen) atoms. The molecule has 1 aromatic rings. The number of rotatable bonds is 7. The second-order valence-electron chi connectivity index (χ2n) is 4.27. The van der Waals surface area contributed by atoms with E-state index in [0.717, 1.165) is 13.0 Å². The molecule has 0 aromatic carbocycles. The van der Waals surface area contributed by atoms with Crippen molar-refractivity contribution in [1.82, 2.24) is 5.32 Å². The van der Waals surface area contributed by atoms with Gasteiger partial charge < -0.3 is 9.73 Å². The molecule has 3 nitrogen and oxygen atoms in total. The van der Waals surface area contributed by atoms with Crippen LogP contribution in [0.3, 0.4) is 0 Å². The van der Waals surface area contributed by atoms with Crippen LogP contribution in [0, 0.1) is 5.92 Å². The molecule has 0 aliphatic heterocycles. The van der Waals surface area contributed by atoms with E-state index in [1.165, 1.54) is 25.5 Å². The lowest BCUT2D eigenvalue weighted by Crippen LogP contribution is -2.28. The number of nitrogens with one attached hydrogen (secondary N) is 1. The summed E-state index contributed by atoms with van der Waals surface area (Å²) in [6.45, 7) is 5.10. The van der Waals surface area contributed by atoms with Gasteiger partial charge in [0.15, 0.2) is 4.67 Å². The molecule has 1 amide bonds. The van der Waals surface area contributed by atoms with Crippen molar-refractivity contribution in [2.45, 2.75) is 39.5 Å². The van der Waals surface area contributed by atoms with E-state index < -0.39 is 0 Å². The summed E-state index contributed by atoms with van der Waals surface area (Å²) in [5, 5.41) is 2.95. The van der Waals surface area contributed by atoms with E-state index >= 15 is 0 Å². The van der Waals surface area contributed by atoms with Crippen LogP contribution in [0.15, 0.2) is 21.4 Å². The lowest BCUT2D eigenvalue weighted by molar-refractivity contribution is 0.0945. The molecule has 1 aromatic heterocycles. The first-order valence-electron chi connectivity index (χ1n) is 6.19. The molecule has 1 N–H and O–H groups in total. The standard InChI is InChI=1S/C13H20BrNO2/c1-3-5-6-10(4-2)8-15-13(16)11-7-12(14)17-9-11/h7,9-10H,3-6,8H2,1-2H3,(H,15,16). The average Bonchev–Trinajstić information content (AvgIpc) is 2.76. The summed E-state index contributed by atoms with van der Waals surface area (Å²) in [6, 6.07) is 1.68. The third-order valence-corrected chi connectivity index (χ3v) is 3.34. The number of carbonyl (C=O) groups excluding carboxylic acids is 1. The Balaban J connectivity index is 2.36. The van der Waals surface area contributed by atoms with Crippen molar-refractivity contribution in [3.8, 4) is 0 Å². The highest BCUT2D eigenvalue weighted by Crippen LogP contribution is 2.15. The van der Waals surface area contributed by atoms with Gasteiger partial charge in [-0.3, -0.25) is 4.79 Å². The van der Waals surface area contributed by atoms with Gasteiger partial charge in [-0.15, -0.1) is 0 Å². The highest BCUT2D eigenvalue weighted by Gasteiger charge is 2.11. The Morgan fingerprint density at radius 1 is 1.53 bits per heavy atom.